The van der Waals surface area contributed by atoms with Crippen molar-refractivity contribution in [3.05, 3.63) is 58.6 Å². The molecule has 2 aromatic rings. The van der Waals surface area contributed by atoms with Gasteiger partial charge in [0.25, 0.3) is 5.91 Å². The molecule has 0 saturated carbocycles. The Morgan fingerprint density at radius 3 is 2.62 bits per heavy atom. The Labute approximate surface area is 126 Å². The molecule has 0 saturated heterocycles. The van der Waals surface area contributed by atoms with Crippen molar-refractivity contribution in [1.82, 2.24) is 0 Å². The number of carboxylic acids is 1. The van der Waals surface area contributed by atoms with Gasteiger partial charge in [-0.25, -0.2) is 0 Å². The zero-order valence-corrected chi connectivity index (χ0v) is 11.7. The number of carboxylic acid groups (broad SMARTS) is 1. The highest BCUT2D eigenvalue weighted by atomic mass is 35.5. The number of nitrogens with one attached hydrogen (secondary N) is 1. The summed E-state index contributed by atoms with van der Waals surface area (Å²) in [5.74, 6) is -1.29. The van der Waals surface area contributed by atoms with E-state index in [1.54, 1.807) is 30.3 Å². The number of benzene rings is 2. The van der Waals surface area contributed by atoms with Crippen molar-refractivity contribution in [2.24, 2.45) is 0 Å². The van der Waals surface area contributed by atoms with Crippen molar-refractivity contribution in [2.45, 2.75) is 6.42 Å². The quantitative estimate of drug-likeness (QED) is 0.757. The van der Waals surface area contributed by atoms with Crippen molar-refractivity contribution in [2.75, 3.05) is 11.1 Å². The lowest BCUT2D eigenvalue weighted by Gasteiger charge is -2.08. The number of anilines is 2. The van der Waals surface area contributed by atoms with Crippen LogP contribution in [0.4, 0.5) is 11.4 Å². The minimum atomic E-state index is -0.930. The number of aliphatic carboxylic acids is 1. The SMILES string of the molecule is Nc1cc(Cl)cc(C(=O)Nc2cccc(CC(=O)O)c2)c1. The molecule has 0 heterocycles. The van der Waals surface area contributed by atoms with Crippen molar-refractivity contribution in [3.8, 4) is 0 Å². The van der Waals surface area contributed by atoms with Gasteiger partial charge in [0, 0.05) is 22.0 Å². The van der Waals surface area contributed by atoms with E-state index in [9.17, 15) is 9.59 Å². The summed E-state index contributed by atoms with van der Waals surface area (Å²) in [6.07, 6.45) is -0.103. The maximum atomic E-state index is 12.1. The molecule has 2 aromatic carbocycles. The molecule has 0 aromatic heterocycles. The van der Waals surface area contributed by atoms with Crippen molar-refractivity contribution < 1.29 is 14.7 Å². The van der Waals surface area contributed by atoms with Crippen LogP contribution in [0.1, 0.15) is 15.9 Å². The molecule has 0 spiro atoms. The number of hydrogen-bond donors (Lipinski definition) is 3. The summed E-state index contributed by atoms with van der Waals surface area (Å²) < 4.78 is 0. The minimum absolute atomic E-state index is 0.103. The minimum Gasteiger partial charge on any atom is -0.481 e. The fourth-order valence-electron chi connectivity index (χ4n) is 1.88. The predicted molar refractivity (Wildman–Crippen MR) is 81.6 cm³/mol. The van der Waals surface area contributed by atoms with E-state index in [-0.39, 0.29) is 12.3 Å². The molecule has 2 rings (SSSR count). The predicted octanol–water partition coefficient (Wildman–Crippen LogP) is 2.80. The average Bonchev–Trinajstić information content (AvgIpc) is 2.37. The van der Waals surface area contributed by atoms with Gasteiger partial charge < -0.3 is 16.2 Å². The zero-order valence-electron chi connectivity index (χ0n) is 11.0. The van der Waals surface area contributed by atoms with Gasteiger partial charge in [0.2, 0.25) is 0 Å². The zero-order chi connectivity index (χ0) is 15.4. The molecule has 0 aliphatic heterocycles. The lowest BCUT2D eigenvalue weighted by molar-refractivity contribution is -0.136. The third-order valence-corrected chi connectivity index (χ3v) is 2.94. The Morgan fingerprint density at radius 2 is 1.95 bits per heavy atom. The summed E-state index contributed by atoms with van der Waals surface area (Å²) in [5.41, 5.74) is 7.49. The van der Waals surface area contributed by atoms with Crippen LogP contribution in [0.25, 0.3) is 0 Å². The molecule has 21 heavy (non-hydrogen) atoms. The molecule has 0 aliphatic carbocycles. The van der Waals surface area contributed by atoms with E-state index in [2.05, 4.69) is 5.32 Å². The molecule has 0 aliphatic rings. The van der Waals surface area contributed by atoms with Gasteiger partial charge in [0.1, 0.15) is 0 Å². The Morgan fingerprint density at radius 1 is 1.19 bits per heavy atom. The summed E-state index contributed by atoms with van der Waals surface area (Å²) in [5, 5.41) is 11.8. The summed E-state index contributed by atoms with van der Waals surface area (Å²) in [4.78, 5) is 22.8. The van der Waals surface area contributed by atoms with Gasteiger partial charge in [-0.1, -0.05) is 23.7 Å². The normalized spacial score (nSPS) is 10.1. The first-order valence-corrected chi connectivity index (χ1v) is 6.50. The lowest BCUT2D eigenvalue weighted by atomic mass is 10.1. The highest BCUT2D eigenvalue weighted by Crippen LogP contribution is 2.18. The van der Waals surface area contributed by atoms with Crippen molar-refractivity contribution in [3.63, 3.8) is 0 Å². The highest BCUT2D eigenvalue weighted by molar-refractivity contribution is 6.31. The second-order valence-electron chi connectivity index (χ2n) is 4.50. The topological polar surface area (TPSA) is 92.4 Å². The van der Waals surface area contributed by atoms with Gasteiger partial charge in [-0.05, 0) is 35.9 Å². The number of nitrogens with two attached hydrogens (primary N) is 1. The molecule has 0 radical (unpaired) electrons. The van der Waals surface area contributed by atoms with Gasteiger partial charge in [0.15, 0.2) is 0 Å². The summed E-state index contributed by atoms with van der Waals surface area (Å²) >= 11 is 5.85. The number of nitrogen functional groups attached to an aromatic ring is 1. The first kappa shape index (κ1) is 14.9. The van der Waals surface area contributed by atoms with Crippen LogP contribution in [-0.4, -0.2) is 17.0 Å². The van der Waals surface area contributed by atoms with E-state index in [0.717, 1.165) is 0 Å². The van der Waals surface area contributed by atoms with E-state index < -0.39 is 5.97 Å². The molecule has 0 atom stereocenters. The van der Waals surface area contributed by atoms with Crippen LogP contribution in [0.5, 0.6) is 0 Å². The first-order chi connectivity index (χ1) is 9.94. The Balaban J connectivity index is 2.17. The van der Waals surface area contributed by atoms with Gasteiger partial charge in [0.05, 0.1) is 6.42 Å². The average molecular weight is 305 g/mol. The van der Waals surface area contributed by atoms with Gasteiger partial charge in [-0.15, -0.1) is 0 Å². The third-order valence-electron chi connectivity index (χ3n) is 2.72. The fraction of sp³-hybridized carbons (Fsp3) is 0.0667. The Bertz CT molecular complexity index is 681. The molecule has 4 N–H and O–H groups in total. The van der Waals surface area contributed by atoms with E-state index in [0.29, 0.717) is 27.5 Å². The molecular weight excluding hydrogens is 292 g/mol. The van der Waals surface area contributed by atoms with E-state index in [1.807, 2.05) is 0 Å². The second-order valence-corrected chi connectivity index (χ2v) is 4.93. The number of halogens is 1. The van der Waals surface area contributed by atoms with Gasteiger partial charge in [-0.2, -0.15) is 0 Å². The van der Waals surface area contributed by atoms with Crippen LogP contribution in [-0.2, 0) is 11.2 Å². The molecule has 0 bridgehead atoms. The highest BCUT2D eigenvalue weighted by Gasteiger charge is 2.09. The Hall–Kier alpha value is -2.53. The standard InChI is InChI=1S/C15H13ClN2O3/c16-11-6-10(7-12(17)8-11)15(21)18-13-3-1-2-9(4-13)5-14(19)20/h1-4,6-8H,5,17H2,(H,18,21)(H,19,20). The van der Waals surface area contributed by atoms with Crippen LogP contribution >= 0.6 is 11.6 Å². The van der Waals surface area contributed by atoms with Crippen LogP contribution in [0.2, 0.25) is 5.02 Å². The molecule has 1 amide bonds. The monoisotopic (exact) mass is 304 g/mol. The molecule has 6 heteroatoms. The van der Waals surface area contributed by atoms with Gasteiger partial charge in [-0.3, -0.25) is 9.59 Å². The maximum Gasteiger partial charge on any atom is 0.307 e. The smallest absolute Gasteiger partial charge is 0.307 e. The summed E-state index contributed by atoms with van der Waals surface area (Å²) in [6.45, 7) is 0. The molecule has 0 fully saturated rings. The van der Waals surface area contributed by atoms with Crippen molar-refractivity contribution in [1.29, 1.82) is 0 Å². The molecule has 108 valence electrons. The summed E-state index contributed by atoms with van der Waals surface area (Å²) in [6, 6.07) is 11.2. The molecule has 5 nitrogen and oxygen atoms in total. The number of carbonyl (C=O) groups excluding carboxylic acids is 1. The van der Waals surface area contributed by atoms with E-state index in [1.165, 1.54) is 12.1 Å². The van der Waals surface area contributed by atoms with Crippen molar-refractivity contribution >= 4 is 34.9 Å². The molecular formula is C15H13ClN2O3. The van der Waals surface area contributed by atoms with Crippen LogP contribution < -0.4 is 11.1 Å². The fourth-order valence-corrected chi connectivity index (χ4v) is 2.12. The maximum absolute atomic E-state index is 12.1. The Kier molecular flexibility index (Phi) is 4.45. The number of rotatable bonds is 4. The number of hydrogen-bond acceptors (Lipinski definition) is 3. The summed E-state index contributed by atoms with van der Waals surface area (Å²) in [7, 11) is 0. The van der Waals surface area contributed by atoms with E-state index >= 15 is 0 Å². The third kappa shape index (κ3) is 4.22. The van der Waals surface area contributed by atoms with Crippen LogP contribution in [0.3, 0.4) is 0 Å². The number of carbonyl (C=O) groups is 2. The van der Waals surface area contributed by atoms with Crippen LogP contribution in [0, 0.1) is 0 Å². The second kappa shape index (κ2) is 6.28. The van der Waals surface area contributed by atoms with Crippen LogP contribution in [0.15, 0.2) is 42.5 Å². The molecule has 0 unspecified atom stereocenters. The number of amides is 1. The van der Waals surface area contributed by atoms with E-state index in [4.69, 9.17) is 22.4 Å². The largest absolute Gasteiger partial charge is 0.481 e. The van der Waals surface area contributed by atoms with Gasteiger partial charge >= 0.3 is 5.97 Å². The lowest BCUT2D eigenvalue weighted by Crippen LogP contribution is -2.12. The first-order valence-electron chi connectivity index (χ1n) is 6.12.